The van der Waals surface area contributed by atoms with Crippen LogP contribution in [0.15, 0.2) is 56.6 Å². The van der Waals surface area contributed by atoms with Crippen molar-refractivity contribution in [2.75, 3.05) is 18.4 Å². The molecule has 8 nitrogen and oxygen atoms in total. The normalized spacial score (nSPS) is 15.4. The van der Waals surface area contributed by atoms with E-state index in [1.807, 2.05) is 0 Å². The summed E-state index contributed by atoms with van der Waals surface area (Å²) in [5.74, 6) is -1.20. The summed E-state index contributed by atoms with van der Waals surface area (Å²) < 4.78 is 33.5. The number of fused-ring (bicyclic) bond motifs is 1. The summed E-state index contributed by atoms with van der Waals surface area (Å²) in [4.78, 5) is 24.7. The van der Waals surface area contributed by atoms with Crippen LogP contribution >= 0.6 is 11.6 Å². The highest BCUT2D eigenvalue weighted by Crippen LogP contribution is 2.24. The van der Waals surface area contributed by atoms with Crippen molar-refractivity contribution in [2.24, 2.45) is 0 Å². The molecular formula is C20H20ClN3O5S. The number of piperidine rings is 1. The lowest BCUT2D eigenvalue weighted by Gasteiger charge is -2.25. The quantitative estimate of drug-likeness (QED) is 0.645. The second-order valence-electron chi connectivity index (χ2n) is 7.08. The smallest absolute Gasteiger partial charge is 0.408 e. The van der Waals surface area contributed by atoms with Crippen LogP contribution in [-0.2, 0) is 21.4 Å². The first-order valence-electron chi connectivity index (χ1n) is 9.54. The van der Waals surface area contributed by atoms with E-state index in [1.54, 1.807) is 24.3 Å². The zero-order valence-electron chi connectivity index (χ0n) is 16.0. The number of carbonyl (C=O) groups is 1. The average molecular weight is 450 g/mol. The fraction of sp³-hybridized carbons (Fsp3) is 0.300. The molecule has 1 amide bonds. The molecule has 1 aliphatic rings. The molecule has 0 unspecified atom stereocenters. The lowest BCUT2D eigenvalue weighted by atomic mass is 10.2. The van der Waals surface area contributed by atoms with Crippen molar-refractivity contribution in [3.05, 3.63) is 58.0 Å². The monoisotopic (exact) mass is 449 g/mol. The summed E-state index contributed by atoms with van der Waals surface area (Å²) in [6.45, 7) is 0.663. The van der Waals surface area contributed by atoms with Crippen LogP contribution in [0.3, 0.4) is 0 Å². The fourth-order valence-electron chi connectivity index (χ4n) is 3.51. The van der Waals surface area contributed by atoms with Crippen LogP contribution in [-0.4, -0.2) is 36.3 Å². The third kappa shape index (κ3) is 4.00. The van der Waals surface area contributed by atoms with Crippen LogP contribution in [0.1, 0.15) is 19.3 Å². The summed E-state index contributed by atoms with van der Waals surface area (Å²) in [6.07, 6.45) is 2.67. The molecule has 10 heteroatoms. The van der Waals surface area contributed by atoms with Crippen molar-refractivity contribution in [2.45, 2.75) is 30.7 Å². The lowest BCUT2D eigenvalue weighted by Crippen LogP contribution is -2.35. The Morgan fingerprint density at radius 3 is 2.57 bits per heavy atom. The standard InChI is InChI=1S/C20H20ClN3O5S/c21-15-6-2-3-7-16(15)22-19(25)13-24-17-9-8-14(12-18(17)29-20(24)26)30(27,28)23-10-4-1-5-11-23/h2-3,6-9,12H,1,4-5,10-11,13H2,(H,22,25). The van der Waals surface area contributed by atoms with E-state index in [2.05, 4.69) is 5.32 Å². The zero-order valence-corrected chi connectivity index (χ0v) is 17.6. The maximum absolute atomic E-state index is 12.9. The number of aromatic nitrogens is 1. The Morgan fingerprint density at radius 1 is 1.10 bits per heavy atom. The number of nitrogens with zero attached hydrogens (tertiary/aromatic N) is 2. The van der Waals surface area contributed by atoms with Gasteiger partial charge < -0.3 is 9.73 Å². The van der Waals surface area contributed by atoms with Crippen molar-refractivity contribution in [3.8, 4) is 0 Å². The van der Waals surface area contributed by atoms with Crippen LogP contribution in [0.5, 0.6) is 0 Å². The minimum Gasteiger partial charge on any atom is -0.408 e. The van der Waals surface area contributed by atoms with Gasteiger partial charge >= 0.3 is 5.76 Å². The summed E-state index contributed by atoms with van der Waals surface area (Å²) >= 11 is 6.04. The molecule has 1 saturated heterocycles. The molecule has 0 bridgehead atoms. The average Bonchev–Trinajstić information content (AvgIpc) is 3.04. The van der Waals surface area contributed by atoms with E-state index in [1.165, 1.54) is 22.5 Å². The van der Waals surface area contributed by atoms with Crippen molar-refractivity contribution in [1.82, 2.24) is 8.87 Å². The Morgan fingerprint density at radius 2 is 1.83 bits per heavy atom. The fourth-order valence-corrected chi connectivity index (χ4v) is 5.22. The number of carbonyl (C=O) groups excluding carboxylic acids is 1. The maximum atomic E-state index is 12.9. The van der Waals surface area contributed by atoms with Gasteiger partial charge in [-0.15, -0.1) is 0 Å². The molecule has 0 atom stereocenters. The predicted molar refractivity (Wildman–Crippen MR) is 113 cm³/mol. The largest absolute Gasteiger partial charge is 0.420 e. The van der Waals surface area contributed by atoms with Crippen molar-refractivity contribution in [1.29, 1.82) is 0 Å². The number of hydrogen-bond donors (Lipinski definition) is 1. The van der Waals surface area contributed by atoms with Gasteiger partial charge in [-0.25, -0.2) is 13.2 Å². The number of amides is 1. The Kier molecular flexibility index (Phi) is 5.68. The molecule has 2 aromatic carbocycles. The van der Waals surface area contributed by atoms with Crippen LogP contribution in [0.2, 0.25) is 5.02 Å². The van der Waals surface area contributed by atoms with Crippen molar-refractivity contribution < 1.29 is 17.6 Å². The Bertz CT molecular complexity index is 1260. The predicted octanol–water partition coefficient (Wildman–Crippen LogP) is 3.06. The van der Waals surface area contributed by atoms with Crippen LogP contribution in [0.4, 0.5) is 5.69 Å². The summed E-state index contributed by atoms with van der Waals surface area (Å²) in [5, 5.41) is 3.02. The lowest BCUT2D eigenvalue weighted by molar-refractivity contribution is -0.116. The highest BCUT2D eigenvalue weighted by atomic mass is 35.5. The Balaban J connectivity index is 1.60. The molecule has 1 N–H and O–H groups in total. The SMILES string of the molecule is O=C(Cn1c(=O)oc2cc(S(=O)(=O)N3CCCCC3)ccc21)Nc1ccccc1Cl. The minimum atomic E-state index is -3.66. The van der Waals surface area contributed by atoms with E-state index in [9.17, 15) is 18.0 Å². The summed E-state index contributed by atoms with van der Waals surface area (Å²) in [6, 6.07) is 11.0. The number of rotatable bonds is 5. The van der Waals surface area contributed by atoms with Gasteiger partial charge in [-0.05, 0) is 37.1 Å². The van der Waals surface area contributed by atoms with E-state index in [0.29, 0.717) is 29.3 Å². The zero-order chi connectivity index (χ0) is 21.3. The summed E-state index contributed by atoms with van der Waals surface area (Å²) in [7, 11) is -3.66. The number of oxazole rings is 1. The number of halogens is 1. The van der Waals surface area contributed by atoms with Gasteiger partial charge in [0.25, 0.3) is 0 Å². The molecule has 2 heterocycles. The molecule has 30 heavy (non-hydrogen) atoms. The van der Waals surface area contributed by atoms with Gasteiger partial charge in [0.15, 0.2) is 5.58 Å². The van der Waals surface area contributed by atoms with E-state index in [4.69, 9.17) is 16.0 Å². The number of anilines is 1. The van der Waals surface area contributed by atoms with Crippen LogP contribution in [0, 0.1) is 0 Å². The molecule has 4 rings (SSSR count). The highest BCUT2D eigenvalue weighted by molar-refractivity contribution is 7.89. The Hall–Kier alpha value is -2.62. The minimum absolute atomic E-state index is 0.0679. The van der Waals surface area contributed by atoms with Crippen molar-refractivity contribution in [3.63, 3.8) is 0 Å². The van der Waals surface area contributed by atoms with Gasteiger partial charge in [-0.3, -0.25) is 9.36 Å². The topological polar surface area (TPSA) is 102 Å². The highest BCUT2D eigenvalue weighted by Gasteiger charge is 2.27. The maximum Gasteiger partial charge on any atom is 0.420 e. The van der Waals surface area contributed by atoms with Gasteiger partial charge in [-0.2, -0.15) is 4.31 Å². The van der Waals surface area contributed by atoms with Crippen LogP contribution in [0.25, 0.3) is 11.1 Å². The Labute approximate surface area is 178 Å². The molecule has 1 aliphatic heterocycles. The molecule has 0 radical (unpaired) electrons. The van der Waals surface area contributed by atoms with Gasteiger partial charge in [0, 0.05) is 19.2 Å². The van der Waals surface area contributed by atoms with Gasteiger partial charge in [0.1, 0.15) is 6.54 Å². The number of nitrogens with one attached hydrogen (secondary N) is 1. The first kappa shape index (κ1) is 20.6. The number of hydrogen-bond acceptors (Lipinski definition) is 5. The first-order valence-corrected chi connectivity index (χ1v) is 11.4. The number of benzene rings is 2. The molecular weight excluding hydrogens is 430 g/mol. The van der Waals surface area contributed by atoms with E-state index in [0.717, 1.165) is 23.8 Å². The molecule has 3 aromatic rings. The summed E-state index contributed by atoms with van der Waals surface area (Å²) in [5.41, 5.74) is 0.885. The van der Waals surface area contributed by atoms with Crippen LogP contribution < -0.4 is 11.1 Å². The molecule has 0 spiro atoms. The molecule has 1 aromatic heterocycles. The van der Waals surface area contributed by atoms with Gasteiger partial charge in [0.2, 0.25) is 15.9 Å². The third-order valence-corrected chi connectivity index (χ3v) is 7.27. The van der Waals surface area contributed by atoms with E-state index in [-0.39, 0.29) is 17.0 Å². The second-order valence-corrected chi connectivity index (χ2v) is 9.42. The second kappa shape index (κ2) is 8.25. The number of sulfonamides is 1. The van der Waals surface area contributed by atoms with E-state index < -0.39 is 21.7 Å². The molecule has 0 aliphatic carbocycles. The molecule has 158 valence electrons. The van der Waals surface area contributed by atoms with Gasteiger partial charge in [0.05, 0.1) is 21.1 Å². The van der Waals surface area contributed by atoms with Gasteiger partial charge in [-0.1, -0.05) is 30.2 Å². The number of para-hydroxylation sites is 1. The molecule has 0 saturated carbocycles. The third-order valence-electron chi connectivity index (χ3n) is 5.04. The first-order chi connectivity index (χ1) is 14.4. The van der Waals surface area contributed by atoms with E-state index >= 15 is 0 Å². The molecule has 1 fully saturated rings. The van der Waals surface area contributed by atoms with Crippen molar-refractivity contribution >= 4 is 44.3 Å².